The molecule has 0 aliphatic heterocycles. The van der Waals surface area contributed by atoms with Crippen LogP contribution in [0.15, 0.2) is 0 Å². The van der Waals surface area contributed by atoms with Gasteiger partial charge in [-0.15, -0.1) is 0 Å². The fraction of sp³-hybridized carbons (Fsp3) is 0.917. The second kappa shape index (κ2) is 7.33. The normalized spacial score (nSPS) is 50.4. The number of ketones is 1. The summed E-state index contributed by atoms with van der Waals surface area (Å²) in [6.45, 7) is 6.54. The first-order valence-corrected chi connectivity index (χ1v) is 11.7. The maximum atomic E-state index is 13.6. The predicted molar refractivity (Wildman–Crippen MR) is 109 cm³/mol. The Morgan fingerprint density at radius 2 is 1.86 bits per heavy atom. The second-order valence-corrected chi connectivity index (χ2v) is 11.2. The molecule has 0 heterocycles. The molecule has 164 valence electrons. The summed E-state index contributed by atoms with van der Waals surface area (Å²) in [5, 5.41) is 30.5. The van der Waals surface area contributed by atoms with E-state index in [1.165, 1.54) is 0 Å². The molecular weight excluding hydrogens is 368 g/mol. The highest BCUT2D eigenvalue weighted by Crippen LogP contribution is 2.67. The van der Waals surface area contributed by atoms with Crippen LogP contribution in [0.25, 0.3) is 0 Å². The zero-order valence-electron chi connectivity index (χ0n) is 18.1. The van der Waals surface area contributed by atoms with Crippen LogP contribution in [0.5, 0.6) is 0 Å². The summed E-state index contributed by atoms with van der Waals surface area (Å²) in [4.78, 5) is 24.7. The fourth-order valence-electron chi connectivity index (χ4n) is 8.41. The molecule has 4 rings (SSSR count). The van der Waals surface area contributed by atoms with Crippen molar-refractivity contribution in [2.45, 2.75) is 90.8 Å². The molecule has 0 bridgehead atoms. The third-order valence-electron chi connectivity index (χ3n) is 10.1. The molecule has 29 heavy (non-hydrogen) atoms. The molecule has 0 radical (unpaired) electrons. The lowest BCUT2D eigenvalue weighted by atomic mass is 9.43. The van der Waals surface area contributed by atoms with Crippen LogP contribution in [-0.2, 0) is 9.59 Å². The number of carbonyl (C=O) groups excluding carboxylic acids is 1. The van der Waals surface area contributed by atoms with Crippen LogP contribution in [0.4, 0.5) is 0 Å². The lowest BCUT2D eigenvalue weighted by Crippen LogP contribution is -2.61. The largest absolute Gasteiger partial charge is 0.481 e. The molecule has 3 N–H and O–H groups in total. The number of Topliss-reactive ketones (excluding diaryl/α,β-unsaturated/α-hetero) is 1. The van der Waals surface area contributed by atoms with Gasteiger partial charge in [0.25, 0.3) is 0 Å². The van der Waals surface area contributed by atoms with Crippen molar-refractivity contribution < 1.29 is 24.9 Å². The van der Waals surface area contributed by atoms with Crippen molar-refractivity contribution >= 4 is 11.8 Å². The first-order valence-electron chi connectivity index (χ1n) is 11.7. The monoisotopic (exact) mass is 406 g/mol. The molecule has 5 heteroatoms. The highest BCUT2D eigenvalue weighted by molar-refractivity contribution is 5.87. The maximum absolute atomic E-state index is 13.6. The fourth-order valence-corrected chi connectivity index (χ4v) is 8.41. The van der Waals surface area contributed by atoms with Gasteiger partial charge in [-0.1, -0.05) is 20.8 Å². The smallest absolute Gasteiger partial charge is 0.303 e. The average molecular weight is 407 g/mol. The first kappa shape index (κ1) is 21.3. The minimum Gasteiger partial charge on any atom is -0.481 e. The van der Waals surface area contributed by atoms with Crippen molar-refractivity contribution in [2.75, 3.05) is 0 Å². The maximum Gasteiger partial charge on any atom is 0.303 e. The zero-order valence-corrected chi connectivity index (χ0v) is 18.1. The highest BCUT2D eigenvalue weighted by atomic mass is 16.4. The van der Waals surface area contributed by atoms with Gasteiger partial charge in [0.1, 0.15) is 5.78 Å². The summed E-state index contributed by atoms with van der Waals surface area (Å²) in [6, 6.07) is 0. The van der Waals surface area contributed by atoms with Gasteiger partial charge >= 0.3 is 5.97 Å². The van der Waals surface area contributed by atoms with E-state index in [-0.39, 0.29) is 47.5 Å². The van der Waals surface area contributed by atoms with E-state index in [9.17, 15) is 19.8 Å². The van der Waals surface area contributed by atoms with Crippen LogP contribution in [0.1, 0.15) is 78.6 Å². The lowest BCUT2D eigenvalue weighted by Gasteiger charge is -2.61. The quantitative estimate of drug-likeness (QED) is 0.662. The van der Waals surface area contributed by atoms with Gasteiger partial charge in [-0.2, -0.15) is 0 Å². The number of hydrogen-bond acceptors (Lipinski definition) is 4. The number of aliphatic hydroxyl groups is 2. The van der Waals surface area contributed by atoms with Gasteiger partial charge in [0.15, 0.2) is 0 Å². The van der Waals surface area contributed by atoms with Crippen LogP contribution in [-0.4, -0.2) is 39.3 Å². The van der Waals surface area contributed by atoms with Crippen molar-refractivity contribution in [3.8, 4) is 0 Å². The minimum absolute atomic E-state index is 0.0348. The summed E-state index contributed by atoms with van der Waals surface area (Å²) in [5.41, 5.74) is -0.398. The van der Waals surface area contributed by atoms with Crippen LogP contribution in [0.3, 0.4) is 0 Å². The standard InChI is InChI=1S/C24H38O5/c1-13(4-7-21(28)29)16-5-6-17-22-18(12-20(27)24(16,17)3)23(2)9-8-15(25)10-14(23)11-19(22)26/h13-19,22,25-26H,4-12H2,1-3H3,(H,28,29)/t13-,14+,15-,16-,17+,18+,19+,22+,23-,24+/m0/s1. The molecule has 0 unspecified atom stereocenters. The molecule has 0 amide bonds. The van der Waals surface area contributed by atoms with E-state index in [2.05, 4.69) is 20.8 Å². The number of carbonyl (C=O) groups is 2. The van der Waals surface area contributed by atoms with Gasteiger partial charge in [-0.05, 0) is 85.9 Å². The topological polar surface area (TPSA) is 94.8 Å². The molecule has 4 fully saturated rings. The van der Waals surface area contributed by atoms with Crippen molar-refractivity contribution in [1.29, 1.82) is 0 Å². The van der Waals surface area contributed by atoms with Crippen LogP contribution < -0.4 is 0 Å². The van der Waals surface area contributed by atoms with E-state index in [4.69, 9.17) is 5.11 Å². The van der Waals surface area contributed by atoms with E-state index in [0.29, 0.717) is 24.5 Å². The average Bonchev–Trinajstić information content (AvgIpc) is 3.01. The molecule has 10 atom stereocenters. The Morgan fingerprint density at radius 3 is 2.55 bits per heavy atom. The molecule has 4 aliphatic rings. The molecule has 0 aromatic rings. The van der Waals surface area contributed by atoms with Gasteiger partial charge in [0.05, 0.1) is 12.2 Å². The Kier molecular flexibility index (Phi) is 5.39. The second-order valence-electron chi connectivity index (χ2n) is 11.2. The third-order valence-corrected chi connectivity index (χ3v) is 10.1. The molecule has 0 aromatic heterocycles. The zero-order chi connectivity index (χ0) is 21.1. The Hall–Kier alpha value is -0.940. The summed E-state index contributed by atoms with van der Waals surface area (Å²) < 4.78 is 0. The Bertz CT molecular complexity index is 676. The Labute approximate surface area is 174 Å². The number of hydrogen-bond donors (Lipinski definition) is 3. The molecule has 4 aliphatic carbocycles. The molecule has 0 spiro atoms. The van der Waals surface area contributed by atoms with E-state index in [1.54, 1.807) is 0 Å². The number of aliphatic carboxylic acids is 1. The van der Waals surface area contributed by atoms with Crippen molar-refractivity contribution in [2.24, 2.45) is 46.3 Å². The van der Waals surface area contributed by atoms with Crippen LogP contribution in [0, 0.1) is 46.3 Å². The SMILES string of the molecule is C[C@@H](CCC(=O)O)[C@@H]1CC[C@@H]2[C@H]3[C@H](O)C[C@H]4C[C@@H](O)CC[C@]4(C)[C@@H]3CC(=O)[C@@]21C. The van der Waals surface area contributed by atoms with Gasteiger partial charge < -0.3 is 15.3 Å². The number of carboxylic acid groups (broad SMARTS) is 1. The van der Waals surface area contributed by atoms with Gasteiger partial charge in [0, 0.05) is 18.3 Å². The van der Waals surface area contributed by atoms with E-state index in [1.807, 2.05) is 0 Å². The van der Waals surface area contributed by atoms with Crippen LogP contribution in [0.2, 0.25) is 0 Å². The number of carboxylic acids is 1. The third kappa shape index (κ3) is 3.18. The van der Waals surface area contributed by atoms with Gasteiger partial charge in [-0.25, -0.2) is 0 Å². The molecule has 5 nitrogen and oxygen atoms in total. The molecule has 0 aromatic carbocycles. The van der Waals surface area contributed by atoms with Gasteiger partial charge in [0.2, 0.25) is 0 Å². The Morgan fingerprint density at radius 1 is 1.14 bits per heavy atom. The number of fused-ring (bicyclic) bond motifs is 5. The van der Waals surface area contributed by atoms with E-state index in [0.717, 1.165) is 38.5 Å². The van der Waals surface area contributed by atoms with Gasteiger partial charge in [-0.3, -0.25) is 9.59 Å². The summed E-state index contributed by atoms with van der Waals surface area (Å²) >= 11 is 0. The molecule has 4 saturated carbocycles. The summed E-state index contributed by atoms with van der Waals surface area (Å²) in [7, 11) is 0. The first-order chi connectivity index (χ1) is 13.6. The van der Waals surface area contributed by atoms with E-state index < -0.39 is 17.5 Å². The summed E-state index contributed by atoms with van der Waals surface area (Å²) in [5.74, 6) is 0.855. The highest BCUT2D eigenvalue weighted by Gasteiger charge is 2.65. The molecular formula is C24H38O5. The van der Waals surface area contributed by atoms with Crippen molar-refractivity contribution in [1.82, 2.24) is 0 Å². The number of rotatable bonds is 4. The van der Waals surface area contributed by atoms with Crippen molar-refractivity contribution in [3.05, 3.63) is 0 Å². The predicted octanol–water partition coefficient (Wildman–Crippen LogP) is 3.66. The van der Waals surface area contributed by atoms with Crippen LogP contribution >= 0.6 is 0 Å². The number of aliphatic hydroxyl groups excluding tert-OH is 2. The minimum atomic E-state index is -0.771. The lowest BCUT2D eigenvalue weighted by molar-refractivity contribution is -0.181. The Balaban J connectivity index is 1.62. The summed E-state index contributed by atoms with van der Waals surface area (Å²) in [6.07, 6.45) is 5.82. The molecule has 0 saturated heterocycles. The van der Waals surface area contributed by atoms with Crippen molar-refractivity contribution in [3.63, 3.8) is 0 Å². The van der Waals surface area contributed by atoms with E-state index >= 15 is 0 Å².